The first kappa shape index (κ1) is 21.6. The van der Waals surface area contributed by atoms with Gasteiger partial charge in [0.1, 0.15) is 0 Å². The van der Waals surface area contributed by atoms with E-state index in [1.54, 1.807) is 6.07 Å². The number of amidine groups is 1. The summed E-state index contributed by atoms with van der Waals surface area (Å²) >= 11 is 7.49. The number of aliphatic imine (C=N–C) groups is 1. The van der Waals surface area contributed by atoms with E-state index in [9.17, 15) is 4.79 Å². The van der Waals surface area contributed by atoms with Crippen LogP contribution in [0.2, 0.25) is 5.02 Å². The zero-order valence-corrected chi connectivity index (χ0v) is 19.1. The van der Waals surface area contributed by atoms with E-state index in [-0.39, 0.29) is 5.91 Å². The minimum atomic E-state index is -0.161. The summed E-state index contributed by atoms with van der Waals surface area (Å²) in [7, 11) is 0. The summed E-state index contributed by atoms with van der Waals surface area (Å²) in [6.45, 7) is 8.27. The topological polar surface area (TPSA) is 62.5 Å². The molecule has 0 atom stereocenters. The number of carbonyl (C=O) groups excluding carboxylic acids is 1. The second-order valence-corrected chi connectivity index (χ2v) is 8.58. The molecular weight excluding hydrogens is 430 g/mol. The summed E-state index contributed by atoms with van der Waals surface area (Å²) in [6, 6.07) is 13.4. The molecule has 0 saturated carbocycles. The minimum absolute atomic E-state index is 0.161. The quantitative estimate of drug-likeness (QED) is 0.515. The van der Waals surface area contributed by atoms with Gasteiger partial charge >= 0.3 is 0 Å². The van der Waals surface area contributed by atoms with Crippen molar-refractivity contribution in [2.45, 2.75) is 20.4 Å². The predicted octanol–water partition coefficient (Wildman–Crippen LogP) is 4.92. The number of aromatic nitrogens is 2. The molecule has 8 heteroatoms. The van der Waals surface area contributed by atoms with Gasteiger partial charge in [-0.2, -0.15) is 0 Å². The SMILES string of the molecule is CCN(CC)CCn1cnc2ccc(/C=C3/SC(=Nc4ccccc4Cl)NC3=O)cc21. The standard InChI is InChI=1S/C23H24ClN5OS/c1-3-28(4-2)11-12-29-15-25-19-10-9-16(13-20(19)29)14-21-22(30)27-23(31-21)26-18-8-6-5-7-17(18)24/h5-10,13-15H,3-4,11-12H2,1-2H3,(H,26,27,30)/b21-14+. The average molecular weight is 454 g/mol. The highest BCUT2D eigenvalue weighted by atomic mass is 35.5. The number of benzene rings is 2. The molecule has 2 aromatic carbocycles. The molecule has 1 aliphatic heterocycles. The van der Waals surface area contributed by atoms with Crippen molar-refractivity contribution in [1.82, 2.24) is 19.8 Å². The molecule has 160 valence electrons. The first-order chi connectivity index (χ1) is 15.1. The number of nitrogens with one attached hydrogen (secondary N) is 1. The monoisotopic (exact) mass is 453 g/mol. The number of imidazole rings is 1. The van der Waals surface area contributed by atoms with Crippen LogP contribution in [0.15, 0.2) is 58.7 Å². The third kappa shape index (κ3) is 5.01. The Hall–Kier alpha value is -2.61. The second kappa shape index (κ2) is 9.68. The summed E-state index contributed by atoms with van der Waals surface area (Å²) < 4.78 is 2.17. The molecule has 2 heterocycles. The van der Waals surface area contributed by atoms with Crippen LogP contribution in [0.1, 0.15) is 19.4 Å². The number of halogens is 1. The van der Waals surface area contributed by atoms with Crippen LogP contribution in [-0.4, -0.2) is 45.2 Å². The van der Waals surface area contributed by atoms with E-state index in [1.807, 2.05) is 42.7 Å². The van der Waals surface area contributed by atoms with Crippen LogP contribution in [0.5, 0.6) is 0 Å². The molecule has 0 radical (unpaired) electrons. The van der Waals surface area contributed by atoms with Gasteiger partial charge in [-0.25, -0.2) is 9.98 Å². The van der Waals surface area contributed by atoms with Gasteiger partial charge in [0.05, 0.1) is 33.0 Å². The first-order valence-corrected chi connectivity index (χ1v) is 11.5. The maximum atomic E-state index is 12.5. The number of nitrogens with zero attached hydrogens (tertiary/aromatic N) is 4. The number of amides is 1. The molecule has 1 aliphatic rings. The molecule has 4 rings (SSSR count). The van der Waals surface area contributed by atoms with Crippen molar-refractivity contribution in [3.63, 3.8) is 0 Å². The molecule has 31 heavy (non-hydrogen) atoms. The number of fused-ring (bicyclic) bond motifs is 1. The fourth-order valence-corrected chi connectivity index (χ4v) is 4.43. The van der Waals surface area contributed by atoms with Gasteiger partial charge in [-0.05, 0) is 60.8 Å². The highest BCUT2D eigenvalue weighted by Gasteiger charge is 2.24. The summed E-state index contributed by atoms with van der Waals surface area (Å²) in [5, 5.41) is 3.88. The third-order valence-corrected chi connectivity index (χ3v) is 6.45. The van der Waals surface area contributed by atoms with Crippen molar-refractivity contribution in [1.29, 1.82) is 0 Å². The van der Waals surface area contributed by atoms with Crippen LogP contribution >= 0.6 is 23.4 Å². The molecule has 0 unspecified atom stereocenters. The van der Waals surface area contributed by atoms with Crippen molar-refractivity contribution in [2.24, 2.45) is 4.99 Å². The van der Waals surface area contributed by atoms with E-state index in [4.69, 9.17) is 11.6 Å². The Morgan fingerprint density at radius 2 is 2.03 bits per heavy atom. The Labute approximate surface area is 191 Å². The van der Waals surface area contributed by atoms with Crippen molar-refractivity contribution < 1.29 is 4.79 Å². The Kier molecular flexibility index (Phi) is 6.75. The maximum Gasteiger partial charge on any atom is 0.264 e. The van der Waals surface area contributed by atoms with Gasteiger partial charge in [-0.3, -0.25) is 4.79 Å². The molecule has 6 nitrogen and oxygen atoms in total. The van der Waals surface area contributed by atoms with Crippen LogP contribution in [0.25, 0.3) is 17.1 Å². The van der Waals surface area contributed by atoms with Crippen LogP contribution in [0.4, 0.5) is 5.69 Å². The summed E-state index contributed by atoms with van der Waals surface area (Å²) in [6.07, 6.45) is 3.77. The first-order valence-electron chi connectivity index (χ1n) is 10.3. The van der Waals surface area contributed by atoms with Crippen molar-refractivity contribution in [3.8, 4) is 0 Å². The Bertz CT molecular complexity index is 1170. The van der Waals surface area contributed by atoms with E-state index in [0.29, 0.717) is 20.8 Å². The lowest BCUT2D eigenvalue weighted by molar-refractivity contribution is -0.115. The minimum Gasteiger partial charge on any atom is -0.329 e. The van der Waals surface area contributed by atoms with E-state index in [0.717, 1.165) is 42.8 Å². The Balaban J connectivity index is 1.55. The predicted molar refractivity (Wildman–Crippen MR) is 130 cm³/mol. The fourth-order valence-electron chi connectivity index (χ4n) is 3.41. The smallest absolute Gasteiger partial charge is 0.264 e. The maximum absolute atomic E-state index is 12.5. The fraction of sp³-hybridized carbons (Fsp3) is 0.261. The summed E-state index contributed by atoms with van der Waals surface area (Å²) in [5.74, 6) is -0.161. The van der Waals surface area contributed by atoms with Crippen molar-refractivity contribution in [3.05, 3.63) is 64.3 Å². The molecule has 0 bridgehead atoms. The Morgan fingerprint density at radius 1 is 1.23 bits per heavy atom. The van der Waals surface area contributed by atoms with Crippen molar-refractivity contribution in [2.75, 3.05) is 19.6 Å². The molecular formula is C23H24ClN5OS. The van der Waals surface area contributed by atoms with E-state index in [1.165, 1.54) is 11.8 Å². The number of para-hydroxylation sites is 1. The van der Waals surface area contributed by atoms with Gasteiger partial charge < -0.3 is 14.8 Å². The lowest BCUT2D eigenvalue weighted by atomic mass is 10.2. The van der Waals surface area contributed by atoms with E-state index >= 15 is 0 Å². The molecule has 3 aromatic rings. The van der Waals surface area contributed by atoms with Gasteiger partial charge in [-0.15, -0.1) is 0 Å². The number of hydrogen-bond donors (Lipinski definition) is 1. The number of rotatable bonds is 7. The zero-order chi connectivity index (χ0) is 21.8. The lowest BCUT2D eigenvalue weighted by Crippen LogP contribution is -2.26. The third-order valence-electron chi connectivity index (χ3n) is 5.22. The van der Waals surface area contributed by atoms with Crippen LogP contribution in [0, 0.1) is 0 Å². The van der Waals surface area contributed by atoms with Crippen LogP contribution < -0.4 is 5.32 Å². The summed E-state index contributed by atoms with van der Waals surface area (Å²) in [4.78, 5) is 24.4. The van der Waals surface area contributed by atoms with Gasteiger partial charge in [0, 0.05) is 13.1 Å². The van der Waals surface area contributed by atoms with Crippen molar-refractivity contribution >= 4 is 57.2 Å². The van der Waals surface area contributed by atoms with E-state index < -0.39 is 0 Å². The molecule has 1 saturated heterocycles. The van der Waals surface area contributed by atoms with Gasteiger partial charge in [0.2, 0.25) is 0 Å². The molecule has 1 fully saturated rings. The molecule has 0 aliphatic carbocycles. The summed E-state index contributed by atoms with van der Waals surface area (Å²) in [5.41, 5.74) is 3.60. The van der Waals surface area contributed by atoms with E-state index in [2.05, 4.69) is 44.7 Å². The Morgan fingerprint density at radius 3 is 2.81 bits per heavy atom. The highest BCUT2D eigenvalue weighted by Crippen LogP contribution is 2.31. The zero-order valence-electron chi connectivity index (χ0n) is 17.5. The number of carbonyl (C=O) groups is 1. The molecule has 1 amide bonds. The van der Waals surface area contributed by atoms with Gasteiger partial charge in [-0.1, -0.05) is 43.6 Å². The van der Waals surface area contributed by atoms with Crippen LogP contribution in [-0.2, 0) is 11.3 Å². The van der Waals surface area contributed by atoms with Gasteiger partial charge in [0.15, 0.2) is 5.17 Å². The second-order valence-electron chi connectivity index (χ2n) is 7.15. The molecule has 1 aromatic heterocycles. The van der Waals surface area contributed by atoms with Gasteiger partial charge in [0.25, 0.3) is 5.91 Å². The lowest BCUT2D eigenvalue weighted by Gasteiger charge is -2.18. The highest BCUT2D eigenvalue weighted by molar-refractivity contribution is 8.18. The largest absolute Gasteiger partial charge is 0.329 e. The normalized spacial score (nSPS) is 16.7. The number of hydrogen-bond acceptors (Lipinski definition) is 5. The molecule has 0 spiro atoms. The number of thioether (sulfide) groups is 1. The van der Waals surface area contributed by atoms with Crippen LogP contribution in [0.3, 0.4) is 0 Å². The molecule has 1 N–H and O–H groups in total. The average Bonchev–Trinajstić information content (AvgIpc) is 3.33. The number of likely N-dealkylation sites (N-methyl/N-ethyl adjacent to an activating group) is 1.